The molecule has 1 unspecified atom stereocenters. The van der Waals surface area contributed by atoms with E-state index in [4.69, 9.17) is 4.74 Å². The molecule has 0 fully saturated rings. The lowest BCUT2D eigenvalue weighted by Gasteiger charge is -2.15. The molecule has 0 saturated carbocycles. The molecule has 3 rings (SSSR count). The molecular formula is C17H18N2O2S. The number of hydrogen-bond donors (Lipinski definition) is 2. The van der Waals surface area contributed by atoms with Crippen LogP contribution in [0, 0.1) is 0 Å². The van der Waals surface area contributed by atoms with E-state index in [0.717, 1.165) is 24.1 Å². The van der Waals surface area contributed by atoms with E-state index in [0.29, 0.717) is 0 Å². The van der Waals surface area contributed by atoms with Crippen LogP contribution in [0.25, 0.3) is 0 Å². The second-order valence-electron chi connectivity index (χ2n) is 5.11. The zero-order valence-corrected chi connectivity index (χ0v) is 12.9. The molecule has 1 atom stereocenters. The Morgan fingerprint density at radius 2 is 1.95 bits per heavy atom. The first-order valence-corrected chi connectivity index (χ1v) is 8.16. The molecule has 5 heteroatoms. The van der Waals surface area contributed by atoms with Gasteiger partial charge in [-0.15, -0.1) is 0 Å². The molecule has 2 aromatic rings. The summed E-state index contributed by atoms with van der Waals surface area (Å²) >= 11 is 1.51. The second-order valence-corrected chi connectivity index (χ2v) is 6.12. The van der Waals surface area contributed by atoms with Gasteiger partial charge in [0.25, 0.3) is 0 Å². The largest absolute Gasteiger partial charge is 0.445 e. The summed E-state index contributed by atoms with van der Waals surface area (Å²) < 4.78 is 8.56. The first-order valence-electron chi connectivity index (χ1n) is 7.28. The van der Waals surface area contributed by atoms with Crippen molar-refractivity contribution in [3.8, 4) is 0 Å². The van der Waals surface area contributed by atoms with E-state index in [-0.39, 0.29) is 18.1 Å². The number of anilines is 1. The molecule has 2 N–H and O–H groups in total. The van der Waals surface area contributed by atoms with Crippen LogP contribution < -0.4 is 10.0 Å². The molecule has 2 aromatic carbocycles. The van der Waals surface area contributed by atoms with Gasteiger partial charge in [0.15, 0.2) is 0 Å². The molecule has 114 valence electrons. The van der Waals surface area contributed by atoms with Crippen molar-refractivity contribution in [1.82, 2.24) is 5.32 Å². The highest BCUT2D eigenvalue weighted by Gasteiger charge is 2.18. The normalized spacial score (nSPS) is 16.8. The van der Waals surface area contributed by atoms with Crippen LogP contribution in [-0.4, -0.2) is 11.5 Å². The molecule has 0 saturated heterocycles. The molecule has 0 radical (unpaired) electrons. The fourth-order valence-corrected chi connectivity index (χ4v) is 3.18. The topological polar surface area (TPSA) is 50.4 Å². The van der Waals surface area contributed by atoms with Crippen molar-refractivity contribution in [3.63, 3.8) is 0 Å². The van der Waals surface area contributed by atoms with E-state index < -0.39 is 0 Å². The molecule has 1 aliphatic rings. The van der Waals surface area contributed by atoms with E-state index in [1.807, 2.05) is 42.5 Å². The highest BCUT2D eigenvalue weighted by atomic mass is 32.2. The number of fused-ring (bicyclic) bond motifs is 1. The van der Waals surface area contributed by atoms with Crippen molar-refractivity contribution < 1.29 is 9.53 Å². The van der Waals surface area contributed by atoms with Crippen molar-refractivity contribution in [1.29, 1.82) is 0 Å². The van der Waals surface area contributed by atoms with Crippen molar-refractivity contribution in [2.24, 2.45) is 0 Å². The third-order valence-corrected chi connectivity index (χ3v) is 4.47. The van der Waals surface area contributed by atoms with Crippen LogP contribution in [0.5, 0.6) is 0 Å². The van der Waals surface area contributed by atoms with Gasteiger partial charge >= 0.3 is 6.09 Å². The molecule has 0 aromatic heterocycles. The average Bonchev–Trinajstić information content (AvgIpc) is 2.77. The molecule has 1 heterocycles. The van der Waals surface area contributed by atoms with Crippen LogP contribution >= 0.6 is 11.9 Å². The van der Waals surface area contributed by atoms with Crippen LogP contribution in [0.2, 0.25) is 0 Å². The van der Waals surface area contributed by atoms with Gasteiger partial charge in [-0.05, 0) is 42.0 Å². The Labute approximate surface area is 134 Å². The minimum Gasteiger partial charge on any atom is -0.445 e. The van der Waals surface area contributed by atoms with Crippen LogP contribution in [0.1, 0.15) is 17.5 Å². The van der Waals surface area contributed by atoms with E-state index in [2.05, 4.69) is 22.2 Å². The smallest absolute Gasteiger partial charge is 0.408 e. The zero-order chi connectivity index (χ0) is 15.2. The quantitative estimate of drug-likeness (QED) is 0.842. The minimum atomic E-state index is -0.380. The SMILES string of the molecule is O=C(NC1CCc2ccccc2NS1)OCc1ccccc1. The number of ether oxygens (including phenoxy) is 1. The van der Waals surface area contributed by atoms with E-state index in [1.165, 1.54) is 17.5 Å². The van der Waals surface area contributed by atoms with Crippen molar-refractivity contribution in [2.75, 3.05) is 4.72 Å². The third-order valence-electron chi connectivity index (χ3n) is 3.50. The number of para-hydroxylation sites is 1. The second kappa shape index (κ2) is 7.22. The van der Waals surface area contributed by atoms with Gasteiger partial charge in [-0.1, -0.05) is 48.5 Å². The first kappa shape index (κ1) is 14.8. The van der Waals surface area contributed by atoms with Gasteiger partial charge in [0, 0.05) is 5.69 Å². The van der Waals surface area contributed by atoms with Crippen LogP contribution in [-0.2, 0) is 17.8 Å². The maximum Gasteiger partial charge on any atom is 0.408 e. The van der Waals surface area contributed by atoms with Crippen molar-refractivity contribution >= 4 is 23.7 Å². The first-order chi connectivity index (χ1) is 10.8. The number of alkyl carbamates (subject to hydrolysis) is 1. The van der Waals surface area contributed by atoms with Gasteiger partial charge in [-0.25, -0.2) is 4.79 Å². The summed E-state index contributed by atoms with van der Waals surface area (Å²) in [6, 6.07) is 17.9. The third kappa shape index (κ3) is 3.95. The van der Waals surface area contributed by atoms with Gasteiger partial charge in [0.05, 0.1) is 5.37 Å². The van der Waals surface area contributed by atoms with Gasteiger partial charge in [0.1, 0.15) is 6.61 Å². The highest BCUT2D eigenvalue weighted by molar-refractivity contribution is 8.01. The number of benzene rings is 2. The summed E-state index contributed by atoms with van der Waals surface area (Å²) in [6.07, 6.45) is 1.42. The molecule has 22 heavy (non-hydrogen) atoms. The zero-order valence-electron chi connectivity index (χ0n) is 12.1. The Bertz CT molecular complexity index is 607. The number of aryl methyl sites for hydroxylation is 1. The highest BCUT2D eigenvalue weighted by Crippen LogP contribution is 2.27. The monoisotopic (exact) mass is 314 g/mol. The van der Waals surface area contributed by atoms with Crippen LogP contribution in [0.15, 0.2) is 54.6 Å². The van der Waals surface area contributed by atoms with E-state index >= 15 is 0 Å². The summed E-state index contributed by atoms with van der Waals surface area (Å²) in [5.41, 5.74) is 3.38. The molecule has 0 bridgehead atoms. The molecule has 0 spiro atoms. The summed E-state index contributed by atoms with van der Waals surface area (Å²) in [4.78, 5) is 11.9. The number of carbonyl (C=O) groups is 1. The molecule has 1 amide bonds. The van der Waals surface area contributed by atoms with Gasteiger partial charge < -0.3 is 14.8 Å². The lowest BCUT2D eigenvalue weighted by atomic mass is 10.1. The summed E-state index contributed by atoms with van der Waals surface area (Å²) in [5, 5.41) is 2.90. The van der Waals surface area contributed by atoms with Crippen LogP contribution in [0.4, 0.5) is 10.5 Å². The minimum absolute atomic E-state index is 0.00401. The summed E-state index contributed by atoms with van der Waals surface area (Å²) in [5.74, 6) is 0. The molecule has 0 aliphatic carbocycles. The van der Waals surface area contributed by atoms with E-state index in [9.17, 15) is 4.79 Å². The predicted octanol–water partition coefficient (Wildman–Crippen LogP) is 3.95. The number of nitrogens with one attached hydrogen (secondary N) is 2. The summed E-state index contributed by atoms with van der Waals surface area (Å²) in [6.45, 7) is 0.289. The fraction of sp³-hybridized carbons (Fsp3) is 0.235. The van der Waals surface area contributed by atoms with Gasteiger partial charge in [-0.3, -0.25) is 0 Å². The Morgan fingerprint density at radius 3 is 2.82 bits per heavy atom. The van der Waals surface area contributed by atoms with Crippen molar-refractivity contribution in [3.05, 3.63) is 65.7 Å². The lowest BCUT2D eigenvalue weighted by Crippen LogP contribution is -2.33. The Morgan fingerprint density at radius 1 is 1.18 bits per heavy atom. The van der Waals surface area contributed by atoms with E-state index in [1.54, 1.807) is 0 Å². The molecule has 4 nitrogen and oxygen atoms in total. The average molecular weight is 314 g/mol. The molecular weight excluding hydrogens is 296 g/mol. The van der Waals surface area contributed by atoms with Crippen molar-refractivity contribution in [2.45, 2.75) is 24.8 Å². The maximum atomic E-state index is 11.9. The number of amides is 1. The number of rotatable bonds is 3. The Hall–Kier alpha value is -2.14. The van der Waals surface area contributed by atoms with Gasteiger partial charge in [-0.2, -0.15) is 0 Å². The number of carbonyl (C=O) groups excluding carboxylic acids is 1. The Balaban J connectivity index is 1.48. The molecule has 1 aliphatic heterocycles. The predicted molar refractivity (Wildman–Crippen MR) is 89.5 cm³/mol. The number of hydrogen-bond acceptors (Lipinski definition) is 4. The Kier molecular flexibility index (Phi) is 4.85. The standard InChI is InChI=1S/C17H18N2O2S/c20-17(21-12-13-6-2-1-3-7-13)18-16-11-10-14-8-4-5-9-15(14)19-22-16/h1-9,16,19H,10-12H2,(H,18,20). The lowest BCUT2D eigenvalue weighted by molar-refractivity contribution is 0.138. The summed E-state index contributed by atoms with van der Waals surface area (Å²) in [7, 11) is 0. The van der Waals surface area contributed by atoms with Gasteiger partial charge in [0.2, 0.25) is 0 Å². The van der Waals surface area contributed by atoms with Crippen LogP contribution in [0.3, 0.4) is 0 Å². The fourth-order valence-electron chi connectivity index (χ4n) is 2.32. The maximum absolute atomic E-state index is 11.9.